The van der Waals surface area contributed by atoms with Crippen molar-refractivity contribution >= 4 is 24.2 Å². The molecule has 2 saturated heterocycles. The number of hydrogen-bond donors (Lipinski definition) is 2. The molecule has 1 aromatic carbocycles. The van der Waals surface area contributed by atoms with Crippen molar-refractivity contribution in [3.05, 3.63) is 29.8 Å². The Hall–Kier alpha value is -1.79. The number of phenols is 1. The summed E-state index contributed by atoms with van der Waals surface area (Å²) in [5.41, 5.74) is 0.265. The van der Waals surface area contributed by atoms with E-state index in [1.165, 1.54) is 6.07 Å². The van der Waals surface area contributed by atoms with E-state index in [0.717, 1.165) is 13.0 Å². The zero-order valence-corrected chi connectivity index (χ0v) is 14.6. The van der Waals surface area contributed by atoms with E-state index in [1.54, 1.807) is 23.1 Å². The van der Waals surface area contributed by atoms with Crippen LogP contribution in [-0.2, 0) is 4.79 Å². The maximum atomic E-state index is 12.8. The second-order valence-corrected chi connectivity index (χ2v) is 6.31. The summed E-state index contributed by atoms with van der Waals surface area (Å²) in [7, 11) is 0. The minimum absolute atomic E-state index is 0. The van der Waals surface area contributed by atoms with Gasteiger partial charge in [0.1, 0.15) is 11.8 Å². The fourth-order valence-electron chi connectivity index (χ4n) is 3.42. The molecule has 2 aliphatic rings. The molecule has 2 amide bonds. The number of amides is 2. The van der Waals surface area contributed by atoms with Crippen LogP contribution in [0.25, 0.3) is 0 Å². The summed E-state index contributed by atoms with van der Waals surface area (Å²) in [4.78, 5) is 29.0. The highest BCUT2D eigenvalue weighted by molar-refractivity contribution is 5.99. The number of carbonyl (C=O) groups is 2. The first kappa shape index (κ1) is 18.5. The number of para-hydroxylation sites is 1. The molecule has 2 atom stereocenters. The van der Waals surface area contributed by atoms with Gasteiger partial charge in [-0.1, -0.05) is 12.1 Å². The van der Waals surface area contributed by atoms with Crippen LogP contribution in [0.1, 0.15) is 30.1 Å². The summed E-state index contributed by atoms with van der Waals surface area (Å²) >= 11 is 0. The van der Waals surface area contributed by atoms with Crippen molar-refractivity contribution in [2.75, 3.05) is 26.2 Å². The van der Waals surface area contributed by atoms with Gasteiger partial charge in [-0.3, -0.25) is 9.59 Å². The van der Waals surface area contributed by atoms with Gasteiger partial charge in [0.25, 0.3) is 5.91 Å². The SMILES string of the molecule is C[C@@H]1CN(C(=O)C2CCCN2C(=O)c2ccccc2O)CCN1.Cl. The van der Waals surface area contributed by atoms with Gasteiger partial charge in [0, 0.05) is 32.2 Å². The molecule has 2 N–H and O–H groups in total. The molecule has 1 aromatic rings. The molecule has 0 bridgehead atoms. The van der Waals surface area contributed by atoms with Crippen LogP contribution in [-0.4, -0.2) is 65.0 Å². The molecule has 0 saturated carbocycles. The Morgan fingerprint density at radius 1 is 1.25 bits per heavy atom. The number of likely N-dealkylation sites (tertiary alicyclic amines) is 1. The fourth-order valence-corrected chi connectivity index (χ4v) is 3.42. The summed E-state index contributed by atoms with van der Waals surface area (Å²) < 4.78 is 0. The van der Waals surface area contributed by atoms with Crippen LogP contribution >= 0.6 is 12.4 Å². The molecule has 132 valence electrons. The Bertz CT molecular complexity index is 610. The number of piperazine rings is 1. The normalized spacial score (nSPS) is 23.7. The standard InChI is InChI=1S/C17H23N3O3.ClH/c1-12-11-19(10-8-18-12)17(23)14-6-4-9-20(14)16(22)13-5-2-3-7-15(13)21;/h2-3,5,7,12,14,18,21H,4,6,8-11H2,1H3;1H/t12-,14?;/m1./s1. The maximum absolute atomic E-state index is 12.8. The first-order valence-corrected chi connectivity index (χ1v) is 8.19. The molecular formula is C17H24ClN3O3. The molecule has 0 radical (unpaired) electrons. The highest BCUT2D eigenvalue weighted by atomic mass is 35.5. The number of hydrogen-bond acceptors (Lipinski definition) is 4. The number of carbonyl (C=O) groups excluding carboxylic acids is 2. The van der Waals surface area contributed by atoms with Crippen molar-refractivity contribution in [1.82, 2.24) is 15.1 Å². The number of phenolic OH excluding ortho intramolecular Hbond substituents is 1. The minimum Gasteiger partial charge on any atom is -0.507 e. The molecule has 7 heteroatoms. The van der Waals surface area contributed by atoms with Gasteiger partial charge in [0.2, 0.25) is 5.91 Å². The molecule has 2 fully saturated rings. The first-order chi connectivity index (χ1) is 11.1. The summed E-state index contributed by atoms with van der Waals surface area (Å²) in [6.07, 6.45) is 1.51. The number of benzene rings is 1. The second-order valence-electron chi connectivity index (χ2n) is 6.31. The zero-order chi connectivity index (χ0) is 16.4. The molecule has 24 heavy (non-hydrogen) atoms. The summed E-state index contributed by atoms with van der Waals surface area (Å²) in [5, 5.41) is 13.2. The Morgan fingerprint density at radius 3 is 2.71 bits per heavy atom. The smallest absolute Gasteiger partial charge is 0.258 e. The van der Waals surface area contributed by atoms with Gasteiger partial charge >= 0.3 is 0 Å². The van der Waals surface area contributed by atoms with Gasteiger partial charge in [0.05, 0.1) is 5.56 Å². The average molecular weight is 354 g/mol. The van der Waals surface area contributed by atoms with Crippen LogP contribution in [0, 0.1) is 0 Å². The molecule has 1 unspecified atom stereocenters. The predicted octanol–water partition coefficient (Wildman–Crippen LogP) is 1.24. The lowest BCUT2D eigenvalue weighted by Crippen LogP contribution is -2.56. The van der Waals surface area contributed by atoms with Gasteiger partial charge in [-0.2, -0.15) is 0 Å². The van der Waals surface area contributed by atoms with E-state index < -0.39 is 6.04 Å². The molecule has 2 heterocycles. The number of halogens is 1. The van der Waals surface area contributed by atoms with Crippen molar-refractivity contribution < 1.29 is 14.7 Å². The zero-order valence-electron chi connectivity index (χ0n) is 13.8. The molecule has 2 aliphatic heterocycles. The first-order valence-electron chi connectivity index (χ1n) is 8.19. The van der Waals surface area contributed by atoms with E-state index in [4.69, 9.17) is 0 Å². The van der Waals surface area contributed by atoms with E-state index in [2.05, 4.69) is 12.2 Å². The van der Waals surface area contributed by atoms with Crippen LogP contribution in [0.4, 0.5) is 0 Å². The number of nitrogens with zero attached hydrogens (tertiary/aromatic N) is 2. The van der Waals surface area contributed by atoms with Crippen LogP contribution < -0.4 is 5.32 Å². The van der Waals surface area contributed by atoms with Crippen LogP contribution in [0.15, 0.2) is 24.3 Å². The molecule has 0 spiro atoms. The van der Waals surface area contributed by atoms with E-state index in [1.807, 2.05) is 4.90 Å². The average Bonchev–Trinajstić information content (AvgIpc) is 3.03. The molecule has 6 nitrogen and oxygen atoms in total. The van der Waals surface area contributed by atoms with Crippen LogP contribution in [0.2, 0.25) is 0 Å². The third kappa shape index (κ3) is 3.65. The molecular weight excluding hydrogens is 330 g/mol. The number of rotatable bonds is 2. The van der Waals surface area contributed by atoms with Crippen molar-refractivity contribution in [2.45, 2.75) is 31.8 Å². The topological polar surface area (TPSA) is 72.9 Å². The Balaban J connectivity index is 0.00000208. The fraction of sp³-hybridized carbons (Fsp3) is 0.529. The van der Waals surface area contributed by atoms with Gasteiger partial charge in [-0.15, -0.1) is 12.4 Å². The lowest BCUT2D eigenvalue weighted by atomic mass is 10.1. The van der Waals surface area contributed by atoms with Crippen molar-refractivity contribution in [3.8, 4) is 5.75 Å². The monoisotopic (exact) mass is 353 g/mol. The number of nitrogens with one attached hydrogen (secondary N) is 1. The summed E-state index contributed by atoms with van der Waals surface area (Å²) in [6, 6.07) is 6.37. The minimum atomic E-state index is -0.410. The number of aromatic hydroxyl groups is 1. The largest absolute Gasteiger partial charge is 0.507 e. The Morgan fingerprint density at radius 2 is 2.00 bits per heavy atom. The molecule has 0 aliphatic carbocycles. The van der Waals surface area contributed by atoms with E-state index >= 15 is 0 Å². The third-order valence-electron chi connectivity index (χ3n) is 4.61. The van der Waals surface area contributed by atoms with E-state index in [-0.39, 0.29) is 41.6 Å². The maximum Gasteiger partial charge on any atom is 0.258 e. The van der Waals surface area contributed by atoms with Crippen LogP contribution in [0.5, 0.6) is 5.75 Å². The van der Waals surface area contributed by atoms with Gasteiger partial charge in [-0.05, 0) is 31.9 Å². The Labute approximate surface area is 148 Å². The summed E-state index contributed by atoms with van der Waals surface area (Å²) in [6.45, 7) is 4.75. The summed E-state index contributed by atoms with van der Waals surface area (Å²) in [5.74, 6) is -0.270. The lowest BCUT2D eigenvalue weighted by molar-refractivity contribution is -0.136. The van der Waals surface area contributed by atoms with Crippen molar-refractivity contribution in [1.29, 1.82) is 0 Å². The van der Waals surface area contributed by atoms with Gasteiger partial charge in [-0.25, -0.2) is 0 Å². The second kappa shape index (κ2) is 7.85. The highest BCUT2D eigenvalue weighted by Crippen LogP contribution is 2.25. The molecule has 0 aromatic heterocycles. The van der Waals surface area contributed by atoms with Crippen LogP contribution in [0.3, 0.4) is 0 Å². The van der Waals surface area contributed by atoms with Crippen molar-refractivity contribution in [3.63, 3.8) is 0 Å². The quantitative estimate of drug-likeness (QED) is 0.839. The van der Waals surface area contributed by atoms with E-state index in [9.17, 15) is 14.7 Å². The van der Waals surface area contributed by atoms with E-state index in [0.29, 0.717) is 26.1 Å². The van der Waals surface area contributed by atoms with Gasteiger partial charge < -0.3 is 20.2 Å². The van der Waals surface area contributed by atoms with Gasteiger partial charge in [0.15, 0.2) is 0 Å². The molecule has 3 rings (SSSR count). The highest BCUT2D eigenvalue weighted by Gasteiger charge is 2.38. The van der Waals surface area contributed by atoms with Crippen molar-refractivity contribution in [2.24, 2.45) is 0 Å². The Kier molecular flexibility index (Phi) is 6.07. The predicted molar refractivity (Wildman–Crippen MR) is 93.5 cm³/mol. The third-order valence-corrected chi connectivity index (χ3v) is 4.61. The lowest BCUT2D eigenvalue weighted by Gasteiger charge is -2.35.